The van der Waals surface area contributed by atoms with Gasteiger partial charge in [-0.05, 0) is 34.7 Å². The molecule has 3 rings (SSSR count). The molecule has 3 N–H and O–H groups in total. The number of carbonyl (C=O) groups excluding carboxylic acids is 4. The predicted molar refractivity (Wildman–Crippen MR) is 152 cm³/mol. The second-order valence-corrected chi connectivity index (χ2v) is 10.2. The van der Waals surface area contributed by atoms with Crippen molar-refractivity contribution in [1.82, 2.24) is 15.6 Å². The molecule has 43 heavy (non-hydrogen) atoms. The van der Waals surface area contributed by atoms with Crippen LogP contribution >= 0.6 is 11.6 Å². The molecule has 3 aromatic rings. The number of rotatable bonds is 14. The summed E-state index contributed by atoms with van der Waals surface area (Å²) in [6, 6.07) is 15.5. The normalized spacial score (nSPS) is 12.4. The van der Waals surface area contributed by atoms with Crippen molar-refractivity contribution >= 4 is 35.4 Å². The van der Waals surface area contributed by atoms with Gasteiger partial charge >= 0.3 is 23.8 Å². The van der Waals surface area contributed by atoms with Crippen LogP contribution in [0, 0.1) is 11.8 Å². The number of benzene rings is 2. The summed E-state index contributed by atoms with van der Waals surface area (Å²) in [4.78, 5) is 60.5. The highest BCUT2D eigenvalue weighted by atomic mass is 35.5. The van der Waals surface area contributed by atoms with Crippen molar-refractivity contribution in [3.8, 4) is 11.1 Å². The van der Waals surface area contributed by atoms with Crippen LogP contribution in [0.3, 0.4) is 0 Å². The fourth-order valence-corrected chi connectivity index (χ4v) is 4.11. The zero-order chi connectivity index (χ0) is 31.5. The Morgan fingerprint density at radius 1 is 1.02 bits per heavy atom. The van der Waals surface area contributed by atoms with Crippen molar-refractivity contribution in [1.29, 1.82) is 0 Å². The number of ether oxygens (including phenoxy) is 3. The summed E-state index contributed by atoms with van der Waals surface area (Å²) in [7, 11) is 1.20. The van der Waals surface area contributed by atoms with E-state index in [1.165, 1.54) is 12.1 Å². The summed E-state index contributed by atoms with van der Waals surface area (Å²) in [6.07, 6.45) is -1.99. The fourth-order valence-electron chi connectivity index (χ4n) is 3.92. The monoisotopic (exact) mass is 617 g/mol. The lowest BCUT2D eigenvalue weighted by Gasteiger charge is -2.25. The van der Waals surface area contributed by atoms with Gasteiger partial charge in [-0.25, -0.2) is 9.80 Å². The Morgan fingerprint density at radius 3 is 2.33 bits per heavy atom. The molecule has 0 saturated heterocycles. The third kappa shape index (κ3) is 10.1. The molecule has 2 atom stereocenters. The molecule has 0 bridgehead atoms. The van der Waals surface area contributed by atoms with E-state index in [-0.39, 0.29) is 24.6 Å². The van der Waals surface area contributed by atoms with Gasteiger partial charge in [-0.1, -0.05) is 61.8 Å². The smallest absolute Gasteiger partial charge is 0.339 e. The molecule has 1 heterocycles. The van der Waals surface area contributed by atoms with Crippen LogP contribution in [0.4, 0.5) is 0 Å². The highest BCUT2D eigenvalue weighted by Gasteiger charge is 2.28. The highest BCUT2D eigenvalue weighted by Crippen LogP contribution is 2.23. The summed E-state index contributed by atoms with van der Waals surface area (Å²) in [6.45, 7) is 2.22. The third-order valence-corrected chi connectivity index (χ3v) is 6.52. The van der Waals surface area contributed by atoms with Gasteiger partial charge in [0.1, 0.15) is 0 Å². The quantitative estimate of drug-likeness (QED) is 0.138. The maximum absolute atomic E-state index is 12.6. The standard InChI is InChI=1S/C29H32ClN3O10/c1-17(2)22(12-26(36)40-3)28(38)41-16-42-29(39)23(34)15-33(31-27(37)24-13-25(35)32-43-24)14-18-7-9-19(10-8-18)20-5-4-6-21(30)11-20/h4-11,13,17,22-23,34H,12,14-16H2,1-3H3,(H,31,37)(H,32,35)/t22-,23+/m0/s1. The second kappa shape index (κ2) is 15.7. The molecule has 13 nitrogen and oxygen atoms in total. The van der Waals surface area contributed by atoms with E-state index >= 15 is 0 Å². The molecule has 0 spiro atoms. The first-order valence-electron chi connectivity index (χ1n) is 13.1. The van der Waals surface area contributed by atoms with Crippen molar-refractivity contribution < 1.29 is 43.0 Å². The molecule has 14 heteroatoms. The number of hydrogen-bond donors (Lipinski definition) is 3. The number of halogens is 1. The molecule has 0 fully saturated rings. The van der Waals surface area contributed by atoms with E-state index in [4.69, 9.17) is 25.6 Å². The van der Waals surface area contributed by atoms with Crippen LogP contribution in [0.5, 0.6) is 0 Å². The summed E-state index contributed by atoms with van der Waals surface area (Å²) >= 11 is 6.09. The Balaban J connectivity index is 1.64. The van der Waals surface area contributed by atoms with E-state index in [2.05, 4.69) is 10.2 Å². The molecular weight excluding hydrogens is 586 g/mol. The number of aromatic nitrogens is 1. The Hall–Kier alpha value is -4.46. The first-order valence-corrected chi connectivity index (χ1v) is 13.5. The van der Waals surface area contributed by atoms with E-state index < -0.39 is 54.7 Å². The van der Waals surface area contributed by atoms with E-state index in [0.29, 0.717) is 10.6 Å². The summed E-state index contributed by atoms with van der Waals surface area (Å²) < 4.78 is 19.3. The SMILES string of the molecule is COC(=O)C[C@H](C(=O)OCOC(=O)[C@H](O)CN(Cc1ccc(-c2cccc(Cl)c2)cc1)NC(=O)c1cc(=O)[nH]o1)C(C)C. The Kier molecular flexibility index (Phi) is 12.0. The van der Waals surface area contributed by atoms with Gasteiger partial charge in [-0.3, -0.25) is 24.6 Å². The van der Waals surface area contributed by atoms with Gasteiger partial charge in [0, 0.05) is 11.6 Å². The van der Waals surface area contributed by atoms with Crippen LogP contribution in [-0.4, -0.2) is 65.6 Å². The minimum absolute atomic E-state index is 0.0269. The molecular formula is C29H32ClN3O10. The zero-order valence-corrected chi connectivity index (χ0v) is 24.5. The Labute approximate surface area is 251 Å². The summed E-state index contributed by atoms with van der Waals surface area (Å²) in [5.74, 6) is -4.70. The van der Waals surface area contributed by atoms with Crippen LogP contribution in [0.25, 0.3) is 11.1 Å². The molecule has 1 amide bonds. The lowest BCUT2D eigenvalue weighted by molar-refractivity contribution is -0.178. The zero-order valence-electron chi connectivity index (χ0n) is 23.7. The van der Waals surface area contributed by atoms with Gasteiger partial charge in [-0.2, -0.15) is 5.16 Å². The van der Waals surface area contributed by atoms with Gasteiger partial charge in [0.05, 0.1) is 32.1 Å². The molecule has 0 aliphatic heterocycles. The van der Waals surface area contributed by atoms with E-state index in [9.17, 15) is 29.1 Å². The van der Waals surface area contributed by atoms with Crippen molar-refractivity contribution in [3.63, 3.8) is 0 Å². The minimum atomic E-state index is -1.78. The molecule has 1 aromatic heterocycles. The second-order valence-electron chi connectivity index (χ2n) is 9.80. The van der Waals surface area contributed by atoms with Crippen LogP contribution in [0.1, 0.15) is 36.4 Å². The first kappa shape index (κ1) is 33.0. The average Bonchev–Trinajstić information content (AvgIpc) is 3.42. The molecule has 230 valence electrons. The molecule has 0 radical (unpaired) electrons. The number of nitrogens with one attached hydrogen (secondary N) is 2. The predicted octanol–water partition coefficient (Wildman–Crippen LogP) is 2.68. The van der Waals surface area contributed by atoms with Gasteiger partial charge < -0.3 is 23.8 Å². The summed E-state index contributed by atoms with van der Waals surface area (Å²) in [5, 5.41) is 14.3. The van der Waals surface area contributed by atoms with Crippen molar-refractivity contribution in [2.45, 2.75) is 32.9 Å². The number of hydrazine groups is 1. The lowest BCUT2D eigenvalue weighted by atomic mass is 9.93. The van der Waals surface area contributed by atoms with Gasteiger partial charge in [0.25, 0.3) is 5.56 Å². The number of nitrogens with zero attached hydrogens (tertiary/aromatic N) is 1. The van der Waals surface area contributed by atoms with Crippen LogP contribution in [0.2, 0.25) is 5.02 Å². The number of esters is 3. The lowest BCUT2D eigenvalue weighted by Crippen LogP contribution is -2.47. The van der Waals surface area contributed by atoms with Crippen LogP contribution in [-0.2, 0) is 35.1 Å². The van der Waals surface area contributed by atoms with E-state index in [1.807, 2.05) is 35.5 Å². The number of H-pyrrole nitrogens is 1. The highest BCUT2D eigenvalue weighted by molar-refractivity contribution is 6.30. The van der Waals surface area contributed by atoms with E-state index in [1.54, 1.807) is 32.0 Å². The first-order chi connectivity index (χ1) is 20.5. The number of aromatic amines is 1. The maximum Gasteiger partial charge on any atom is 0.339 e. The Morgan fingerprint density at radius 2 is 1.72 bits per heavy atom. The minimum Gasteiger partial charge on any atom is -0.469 e. The number of hydrogen-bond acceptors (Lipinski definition) is 11. The van der Waals surface area contributed by atoms with Crippen molar-refractivity contribution in [2.75, 3.05) is 20.4 Å². The van der Waals surface area contributed by atoms with Crippen LogP contribution < -0.4 is 11.0 Å². The molecule has 0 aliphatic carbocycles. The van der Waals surface area contributed by atoms with Crippen molar-refractivity contribution in [3.05, 3.63) is 81.3 Å². The number of aliphatic hydroxyl groups is 1. The number of aliphatic hydroxyl groups excluding tert-OH is 1. The van der Waals surface area contributed by atoms with Crippen LogP contribution in [0.15, 0.2) is 63.9 Å². The van der Waals surface area contributed by atoms with Gasteiger partial charge in [-0.15, -0.1) is 0 Å². The number of methoxy groups -OCH3 is 1. The molecule has 2 aromatic carbocycles. The van der Waals surface area contributed by atoms with Gasteiger partial charge in [0.15, 0.2) is 6.10 Å². The van der Waals surface area contributed by atoms with Crippen molar-refractivity contribution in [2.24, 2.45) is 11.8 Å². The third-order valence-electron chi connectivity index (χ3n) is 6.28. The molecule has 0 aliphatic rings. The maximum atomic E-state index is 12.6. The van der Waals surface area contributed by atoms with E-state index in [0.717, 1.165) is 17.2 Å². The molecule has 0 unspecified atom stereocenters. The number of amides is 1. The largest absolute Gasteiger partial charge is 0.469 e. The number of carbonyl (C=O) groups is 4. The summed E-state index contributed by atoms with van der Waals surface area (Å²) in [5.41, 5.74) is 4.34. The fraction of sp³-hybridized carbons (Fsp3) is 0.345. The Bertz CT molecular complexity index is 1470. The van der Waals surface area contributed by atoms with Gasteiger partial charge in [0.2, 0.25) is 12.6 Å². The topological polar surface area (TPSA) is 177 Å². The average molecular weight is 618 g/mol. The molecule has 0 saturated carbocycles.